The van der Waals surface area contributed by atoms with E-state index in [0.717, 1.165) is 49.7 Å². The van der Waals surface area contributed by atoms with Crippen LogP contribution in [0.4, 0.5) is 5.69 Å². The summed E-state index contributed by atoms with van der Waals surface area (Å²) in [6.07, 6.45) is 0. The van der Waals surface area contributed by atoms with Gasteiger partial charge in [-0.1, -0.05) is 140 Å². The second-order valence-electron chi connectivity index (χ2n) is 9.99. The monoisotopic (exact) mass is 536 g/mol. The molecule has 0 aliphatic rings. The third-order valence-electron chi connectivity index (χ3n) is 7.35. The zero-order chi connectivity index (χ0) is 28.3. The minimum absolute atomic E-state index is 0.633. The number of fused-ring (bicyclic) bond motifs is 1. The van der Waals surface area contributed by atoms with Crippen LogP contribution in [0, 0.1) is 6.57 Å². The minimum Gasteiger partial charge on any atom is -0.238 e. The molecule has 0 radical (unpaired) electrons. The highest BCUT2D eigenvalue weighted by atomic mass is 15.0. The van der Waals surface area contributed by atoms with E-state index < -0.39 is 0 Å². The van der Waals surface area contributed by atoms with E-state index in [1.54, 1.807) is 0 Å². The summed E-state index contributed by atoms with van der Waals surface area (Å²) in [7, 11) is 0. The van der Waals surface area contributed by atoms with Gasteiger partial charge in [-0.3, -0.25) is 0 Å². The predicted molar refractivity (Wildman–Crippen MR) is 171 cm³/mol. The Balaban J connectivity index is 1.40. The summed E-state index contributed by atoms with van der Waals surface area (Å²) >= 11 is 0. The van der Waals surface area contributed by atoms with Gasteiger partial charge in [0.05, 0.1) is 6.57 Å². The Labute approximate surface area is 244 Å². The molecule has 0 saturated carbocycles. The molecule has 0 N–H and O–H groups in total. The number of nitrogens with zero attached hydrogens (tertiary/aromatic N) is 4. The molecule has 42 heavy (non-hydrogen) atoms. The van der Waals surface area contributed by atoms with Crippen LogP contribution in [-0.2, 0) is 0 Å². The van der Waals surface area contributed by atoms with Crippen LogP contribution in [0.25, 0.3) is 72.0 Å². The zero-order valence-corrected chi connectivity index (χ0v) is 22.6. The fourth-order valence-electron chi connectivity index (χ4n) is 5.29. The molecule has 0 saturated heterocycles. The third kappa shape index (κ3) is 4.81. The Morgan fingerprint density at radius 3 is 1.55 bits per heavy atom. The lowest BCUT2D eigenvalue weighted by atomic mass is 9.93. The van der Waals surface area contributed by atoms with Gasteiger partial charge in [0, 0.05) is 22.1 Å². The molecule has 0 unspecified atom stereocenters. The summed E-state index contributed by atoms with van der Waals surface area (Å²) in [5.41, 5.74) is 7.77. The predicted octanol–water partition coefficient (Wildman–Crippen LogP) is 9.91. The van der Waals surface area contributed by atoms with Crippen LogP contribution in [0.1, 0.15) is 0 Å². The van der Waals surface area contributed by atoms with Gasteiger partial charge in [-0.15, -0.1) is 0 Å². The van der Waals surface area contributed by atoms with E-state index in [0.29, 0.717) is 23.2 Å². The number of aromatic nitrogens is 3. The molecule has 0 fully saturated rings. The average Bonchev–Trinajstić information content (AvgIpc) is 3.08. The Morgan fingerprint density at radius 1 is 0.405 bits per heavy atom. The van der Waals surface area contributed by atoms with E-state index in [1.165, 1.54) is 0 Å². The van der Waals surface area contributed by atoms with Gasteiger partial charge in [0.15, 0.2) is 23.2 Å². The second-order valence-corrected chi connectivity index (χ2v) is 9.99. The summed E-state index contributed by atoms with van der Waals surface area (Å²) in [6, 6.07) is 49.0. The van der Waals surface area contributed by atoms with Gasteiger partial charge in [0.25, 0.3) is 0 Å². The third-order valence-corrected chi connectivity index (χ3v) is 7.35. The van der Waals surface area contributed by atoms with Gasteiger partial charge in [-0.25, -0.2) is 19.8 Å². The van der Waals surface area contributed by atoms with Crippen molar-refractivity contribution in [2.75, 3.05) is 0 Å². The van der Waals surface area contributed by atoms with E-state index in [2.05, 4.69) is 65.5 Å². The van der Waals surface area contributed by atoms with Crippen LogP contribution in [0.5, 0.6) is 0 Å². The first kappa shape index (κ1) is 25.1. The summed E-state index contributed by atoms with van der Waals surface area (Å²) in [5.74, 6) is 1.91. The lowest BCUT2D eigenvalue weighted by molar-refractivity contribution is 1.08. The van der Waals surface area contributed by atoms with E-state index in [1.807, 2.05) is 84.9 Å². The normalized spacial score (nSPS) is 10.8. The topological polar surface area (TPSA) is 43.0 Å². The standard InChI is InChI=1S/C38H24N4/c1-39-32-18-8-17-31(25-32)26-21-23-27(24-22-26)33-19-9-15-28-16-10-20-34(35(28)33)38-41-36(29-11-4-2-5-12-29)40-37(42-38)30-13-6-3-7-14-30/h2-25H. The highest BCUT2D eigenvalue weighted by Crippen LogP contribution is 2.37. The van der Waals surface area contributed by atoms with Gasteiger partial charge in [-0.05, 0) is 33.7 Å². The first-order valence-corrected chi connectivity index (χ1v) is 13.7. The van der Waals surface area contributed by atoms with E-state index in [-0.39, 0.29) is 0 Å². The summed E-state index contributed by atoms with van der Waals surface area (Å²) in [4.78, 5) is 18.5. The van der Waals surface area contributed by atoms with E-state index >= 15 is 0 Å². The molecular formula is C38H24N4. The van der Waals surface area contributed by atoms with E-state index in [9.17, 15) is 0 Å². The van der Waals surface area contributed by atoms with Crippen LogP contribution in [0.3, 0.4) is 0 Å². The molecule has 7 aromatic rings. The number of hydrogen-bond donors (Lipinski definition) is 0. The molecule has 0 amide bonds. The van der Waals surface area contributed by atoms with Crippen molar-refractivity contribution in [1.82, 2.24) is 15.0 Å². The summed E-state index contributed by atoms with van der Waals surface area (Å²) < 4.78 is 0. The summed E-state index contributed by atoms with van der Waals surface area (Å²) in [6.45, 7) is 7.35. The molecule has 1 aromatic heterocycles. The Hall–Kier alpha value is -5.92. The van der Waals surface area contributed by atoms with Crippen molar-refractivity contribution in [2.24, 2.45) is 0 Å². The van der Waals surface area contributed by atoms with Gasteiger partial charge < -0.3 is 0 Å². The second kappa shape index (κ2) is 10.9. The molecule has 4 nitrogen and oxygen atoms in total. The van der Waals surface area contributed by atoms with E-state index in [4.69, 9.17) is 21.5 Å². The van der Waals surface area contributed by atoms with Crippen molar-refractivity contribution in [3.63, 3.8) is 0 Å². The van der Waals surface area contributed by atoms with Crippen LogP contribution in [0.15, 0.2) is 146 Å². The smallest absolute Gasteiger partial charge is 0.187 e. The lowest BCUT2D eigenvalue weighted by Gasteiger charge is -2.14. The van der Waals surface area contributed by atoms with Crippen molar-refractivity contribution in [3.05, 3.63) is 157 Å². The molecular weight excluding hydrogens is 512 g/mol. The highest BCUT2D eigenvalue weighted by molar-refractivity contribution is 6.05. The zero-order valence-electron chi connectivity index (χ0n) is 22.6. The number of hydrogen-bond acceptors (Lipinski definition) is 3. The fraction of sp³-hybridized carbons (Fsp3) is 0. The molecule has 196 valence electrons. The Kier molecular flexibility index (Phi) is 6.52. The molecule has 6 aromatic carbocycles. The van der Waals surface area contributed by atoms with Crippen molar-refractivity contribution in [3.8, 4) is 56.4 Å². The highest BCUT2D eigenvalue weighted by Gasteiger charge is 2.16. The van der Waals surface area contributed by atoms with Crippen molar-refractivity contribution in [1.29, 1.82) is 0 Å². The number of rotatable bonds is 5. The average molecular weight is 537 g/mol. The SMILES string of the molecule is [C-]#[N+]c1cccc(-c2ccc(-c3cccc4cccc(-c5nc(-c6ccccc6)nc(-c6ccccc6)n5)c34)cc2)c1. The van der Waals surface area contributed by atoms with Crippen LogP contribution < -0.4 is 0 Å². The fourth-order valence-corrected chi connectivity index (χ4v) is 5.29. The molecule has 0 spiro atoms. The van der Waals surface area contributed by atoms with Gasteiger partial charge in [-0.2, -0.15) is 0 Å². The van der Waals surface area contributed by atoms with Gasteiger partial charge in [0.2, 0.25) is 0 Å². The molecule has 0 atom stereocenters. The largest absolute Gasteiger partial charge is 0.238 e. The quantitative estimate of drug-likeness (QED) is 0.206. The Morgan fingerprint density at radius 2 is 0.929 bits per heavy atom. The van der Waals surface area contributed by atoms with Gasteiger partial charge in [0.1, 0.15) is 0 Å². The summed E-state index contributed by atoms with van der Waals surface area (Å²) in [5, 5.41) is 2.20. The van der Waals surface area contributed by atoms with Crippen molar-refractivity contribution >= 4 is 16.5 Å². The maximum absolute atomic E-state index is 7.35. The first-order valence-electron chi connectivity index (χ1n) is 13.7. The Bertz CT molecular complexity index is 2010. The lowest BCUT2D eigenvalue weighted by Crippen LogP contribution is -2.00. The molecule has 0 aliphatic carbocycles. The van der Waals surface area contributed by atoms with Crippen LogP contribution in [0.2, 0.25) is 0 Å². The van der Waals surface area contributed by atoms with Gasteiger partial charge >= 0.3 is 0 Å². The van der Waals surface area contributed by atoms with Crippen LogP contribution >= 0.6 is 0 Å². The molecule has 0 bridgehead atoms. The number of benzene rings is 6. The molecule has 4 heteroatoms. The maximum Gasteiger partial charge on any atom is 0.187 e. The van der Waals surface area contributed by atoms with Crippen LogP contribution in [-0.4, -0.2) is 15.0 Å². The first-order chi connectivity index (χ1) is 20.8. The maximum atomic E-state index is 7.35. The minimum atomic E-state index is 0.633. The molecule has 1 heterocycles. The molecule has 0 aliphatic heterocycles. The molecule has 7 rings (SSSR count). The van der Waals surface area contributed by atoms with Crippen molar-refractivity contribution < 1.29 is 0 Å². The van der Waals surface area contributed by atoms with Crippen molar-refractivity contribution in [2.45, 2.75) is 0 Å².